The predicted octanol–water partition coefficient (Wildman–Crippen LogP) is 1.40. The summed E-state index contributed by atoms with van der Waals surface area (Å²) >= 11 is 0. The lowest BCUT2D eigenvalue weighted by molar-refractivity contribution is 0.102. The van der Waals surface area contributed by atoms with Gasteiger partial charge in [0.1, 0.15) is 18.2 Å². The van der Waals surface area contributed by atoms with E-state index in [9.17, 15) is 0 Å². The fraction of sp³-hybridized carbons (Fsp3) is 0.692. The summed E-state index contributed by atoms with van der Waals surface area (Å²) in [5.41, 5.74) is 0. The minimum Gasteiger partial charge on any atom is -0.377 e. The Bertz CT molecular complexity index is 454. The van der Waals surface area contributed by atoms with E-state index < -0.39 is 0 Å². The Hall–Kier alpha value is -1.40. The number of ether oxygens (including phenoxy) is 2. The van der Waals surface area contributed by atoms with Crippen LogP contribution in [0.15, 0.2) is 6.07 Å². The van der Waals surface area contributed by atoms with E-state index in [0.29, 0.717) is 30.7 Å². The number of aromatic nitrogens is 2. The zero-order valence-electron chi connectivity index (χ0n) is 11.3. The third-order valence-electron chi connectivity index (χ3n) is 3.74. The quantitative estimate of drug-likeness (QED) is 0.838. The van der Waals surface area contributed by atoms with Crippen LogP contribution in [0.25, 0.3) is 0 Å². The van der Waals surface area contributed by atoms with Gasteiger partial charge in [-0.15, -0.1) is 0 Å². The van der Waals surface area contributed by atoms with E-state index >= 15 is 0 Å². The Morgan fingerprint density at radius 2 is 2.21 bits per heavy atom. The van der Waals surface area contributed by atoms with Crippen LogP contribution in [0, 0.1) is 0 Å². The molecule has 1 aromatic heterocycles. The van der Waals surface area contributed by atoms with E-state index in [1.54, 1.807) is 7.11 Å². The van der Waals surface area contributed by atoms with Gasteiger partial charge in [0.05, 0.1) is 18.2 Å². The van der Waals surface area contributed by atoms with Crippen molar-refractivity contribution in [3.8, 4) is 0 Å². The monoisotopic (exact) mass is 264 g/mol. The van der Waals surface area contributed by atoms with Crippen molar-refractivity contribution in [1.29, 1.82) is 0 Å². The molecule has 2 saturated heterocycles. The first-order valence-electron chi connectivity index (χ1n) is 6.75. The van der Waals surface area contributed by atoms with Gasteiger partial charge in [0, 0.05) is 20.2 Å². The highest BCUT2D eigenvalue weighted by Crippen LogP contribution is 2.35. The van der Waals surface area contributed by atoms with Gasteiger partial charge in [-0.3, -0.25) is 0 Å². The molecule has 19 heavy (non-hydrogen) atoms. The molecule has 104 valence electrons. The number of hydrogen-bond acceptors (Lipinski definition) is 6. The fourth-order valence-electron chi connectivity index (χ4n) is 2.87. The van der Waals surface area contributed by atoms with E-state index in [1.807, 2.05) is 13.1 Å². The first-order chi connectivity index (χ1) is 9.28. The molecule has 0 amide bonds. The largest absolute Gasteiger partial charge is 0.377 e. The molecule has 0 radical (unpaired) electrons. The first kappa shape index (κ1) is 12.6. The standard InChI is InChI=1S/C13H20N4O2/c1-14-11-6-12(17-13(16-11)7-18-2)15-9-5-8-3-4-10(9)19-8/h6,8-10H,3-5,7H2,1-2H3,(H2,14,15,16,17). The Morgan fingerprint density at radius 3 is 2.84 bits per heavy atom. The molecule has 3 rings (SSSR count). The lowest BCUT2D eigenvalue weighted by Crippen LogP contribution is -2.31. The third kappa shape index (κ3) is 2.64. The van der Waals surface area contributed by atoms with Crippen LogP contribution < -0.4 is 10.6 Å². The molecule has 0 spiro atoms. The molecule has 3 unspecified atom stereocenters. The SMILES string of the molecule is CNc1cc(NC2CC3CCC2O3)nc(COC)n1. The maximum absolute atomic E-state index is 5.85. The summed E-state index contributed by atoms with van der Waals surface area (Å²) in [7, 11) is 3.50. The van der Waals surface area contributed by atoms with Crippen molar-refractivity contribution in [2.45, 2.75) is 44.1 Å². The molecule has 3 heterocycles. The van der Waals surface area contributed by atoms with Crippen molar-refractivity contribution < 1.29 is 9.47 Å². The Labute approximate surface area is 112 Å². The van der Waals surface area contributed by atoms with E-state index in [2.05, 4.69) is 20.6 Å². The van der Waals surface area contributed by atoms with E-state index in [4.69, 9.17) is 9.47 Å². The van der Waals surface area contributed by atoms with Gasteiger partial charge in [-0.1, -0.05) is 0 Å². The second kappa shape index (κ2) is 5.30. The lowest BCUT2D eigenvalue weighted by Gasteiger charge is -2.21. The van der Waals surface area contributed by atoms with Gasteiger partial charge in [0.15, 0.2) is 5.82 Å². The minimum atomic E-state index is 0.337. The van der Waals surface area contributed by atoms with Gasteiger partial charge in [-0.2, -0.15) is 0 Å². The Kier molecular flexibility index (Phi) is 3.52. The number of fused-ring (bicyclic) bond motifs is 2. The number of nitrogens with one attached hydrogen (secondary N) is 2. The van der Waals surface area contributed by atoms with Crippen LogP contribution in [0.2, 0.25) is 0 Å². The average Bonchev–Trinajstić information content (AvgIpc) is 3.01. The van der Waals surface area contributed by atoms with Crippen LogP contribution in [0.3, 0.4) is 0 Å². The number of anilines is 2. The van der Waals surface area contributed by atoms with Crippen LogP contribution >= 0.6 is 0 Å². The summed E-state index contributed by atoms with van der Waals surface area (Å²) in [5, 5.41) is 6.52. The molecule has 6 heteroatoms. The highest BCUT2D eigenvalue weighted by atomic mass is 16.5. The minimum absolute atomic E-state index is 0.337. The van der Waals surface area contributed by atoms with Gasteiger partial charge < -0.3 is 20.1 Å². The van der Waals surface area contributed by atoms with Gasteiger partial charge in [0.2, 0.25) is 0 Å². The average molecular weight is 264 g/mol. The van der Waals surface area contributed by atoms with E-state index in [0.717, 1.165) is 24.5 Å². The molecule has 0 aromatic carbocycles. The summed E-state index contributed by atoms with van der Waals surface area (Å²) in [4.78, 5) is 8.82. The molecule has 0 saturated carbocycles. The topological polar surface area (TPSA) is 68.3 Å². The molecule has 1 aromatic rings. The smallest absolute Gasteiger partial charge is 0.158 e. The van der Waals surface area contributed by atoms with Crippen LogP contribution in [0.4, 0.5) is 11.6 Å². The van der Waals surface area contributed by atoms with Crippen molar-refractivity contribution in [3.05, 3.63) is 11.9 Å². The van der Waals surface area contributed by atoms with Crippen LogP contribution in [0.1, 0.15) is 25.1 Å². The van der Waals surface area contributed by atoms with Crippen LogP contribution in [-0.4, -0.2) is 42.4 Å². The zero-order valence-corrected chi connectivity index (χ0v) is 11.3. The molecule has 2 aliphatic heterocycles. The highest BCUT2D eigenvalue weighted by Gasteiger charge is 2.40. The maximum atomic E-state index is 5.85. The molecular formula is C13H20N4O2. The van der Waals surface area contributed by atoms with Crippen molar-refractivity contribution >= 4 is 11.6 Å². The lowest BCUT2D eigenvalue weighted by atomic mass is 9.95. The molecule has 2 N–H and O–H groups in total. The summed E-state index contributed by atoms with van der Waals surface area (Å²) in [6.07, 6.45) is 4.19. The summed E-state index contributed by atoms with van der Waals surface area (Å²) in [5.74, 6) is 2.32. The summed E-state index contributed by atoms with van der Waals surface area (Å²) < 4.78 is 10.9. The molecular weight excluding hydrogens is 244 g/mol. The normalized spacial score (nSPS) is 28.6. The number of nitrogens with zero attached hydrogens (tertiary/aromatic N) is 2. The first-order valence-corrected chi connectivity index (χ1v) is 6.75. The Morgan fingerprint density at radius 1 is 1.37 bits per heavy atom. The van der Waals surface area contributed by atoms with E-state index in [1.165, 1.54) is 6.42 Å². The molecule has 2 aliphatic rings. The van der Waals surface area contributed by atoms with Gasteiger partial charge >= 0.3 is 0 Å². The van der Waals surface area contributed by atoms with Gasteiger partial charge in [-0.25, -0.2) is 9.97 Å². The molecule has 6 nitrogen and oxygen atoms in total. The number of hydrogen-bond donors (Lipinski definition) is 2. The molecule has 2 bridgehead atoms. The maximum Gasteiger partial charge on any atom is 0.158 e. The van der Waals surface area contributed by atoms with Crippen molar-refractivity contribution in [1.82, 2.24) is 9.97 Å². The van der Waals surface area contributed by atoms with E-state index in [-0.39, 0.29) is 0 Å². The molecule has 0 aliphatic carbocycles. The van der Waals surface area contributed by atoms with Gasteiger partial charge in [0.25, 0.3) is 0 Å². The summed E-state index contributed by atoms with van der Waals surface area (Å²) in [6.45, 7) is 0.414. The summed E-state index contributed by atoms with van der Waals surface area (Å²) in [6, 6.07) is 2.29. The third-order valence-corrected chi connectivity index (χ3v) is 3.74. The Balaban J connectivity index is 1.74. The van der Waals surface area contributed by atoms with Crippen LogP contribution in [0.5, 0.6) is 0 Å². The second-order valence-electron chi connectivity index (χ2n) is 5.10. The molecule has 2 fully saturated rings. The fourth-order valence-corrected chi connectivity index (χ4v) is 2.87. The van der Waals surface area contributed by atoms with Crippen LogP contribution in [-0.2, 0) is 16.1 Å². The number of rotatable bonds is 5. The highest BCUT2D eigenvalue weighted by molar-refractivity contribution is 5.48. The molecule has 3 atom stereocenters. The predicted molar refractivity (Wildman–Crippen MR) is 72.2 cm³/mol. The van der Waals surface area contributed by atoms with Crippen molar-refractivity contribution in [3.63, 3.8) is 0 Å². The second-order valence-corrected chi connectivity index (χ2v) is 5.10. The van der Waals surface area contributed by atoms with Crippen molar-refractivity contribution in [2.24, 2.45) is 0 Å². The van der Waals surface area contributed by atoms with Crippen molar-refractivity contribution in [2.75, 3.05) is 24.8 Å². The zero-order chi connectivity index (χ0) is 13.2. The van der Waals surface area contributed by atoms with Gasteiger partial charge in [-0.05, 0) is 19.3 Å². The number of methoxy groups -OCH3 is 1.